The lowest BCUT2D eigenvalue weighted by Crippen LogP contribution is -1.85. The van der Waals surface area contributed by atoms with Crippen molar-refractivity contribution in [2.24, 2.45) is 0 Å². The number of aromatic nitrogens is 3. The number of benzene rings is 1. The van der Waals surface area contributed by atoms with Gasteiger partial charge in [-0.2, -0.15) is 0 Å². The second kappa shape index (κ2) is 5.28. The standard InChI is InChI=1S/C15H13N3S/c1-19-13-4-2-11(3-5-13)14-8-12(6-7-17-14)15-9-16-10-18-15/h2-10H,1H3,(H,16,18). The molecule has 3 rings (SSSR count). The van der Waals surface area contributed by atoms with E-state index in [1.165, 1.54) is 4.90 Å². The topological polar surface area (TPSA) is 41.6 Å². The van der Waals surface area contributed by atoms with Crippen LogP contribution in [0.5, 0.6) is 0 Å². The Kier molecular flexibility index (Phi) is 3.33. The van der Waals surface area contributed by atoms with E-state index in [2.05, 4.69) is 51.5 Å². The van der Waals surface area contributed by atoms with Crippen molar-refractivity contribution in [1.82, 2.24) is 15.0 Å². The summed E-state index contributed by atoms with van der Waals surface area (Å²) in [7, 11) is 0. The number of hydrogen-bond acceptors (Lipinski definition) is 3. The molecule has 3 nitrogen and oxygen atoms in total. The fourth-order valence-corrected chi connectivity index (χ4v) is 2.34. The number of hydrogen-bond donors (Lipinski definition) is 1. The summed E-state index contributed by atoms with van der Waals surface area (Å²) >= 11 is 1.74. The molecule has 4 heteroatoms. The average molecular weight is 267 g/mol. The highest BCUT2D eigenvalue weighted by Crippen LogP contribution is 2.24. The second-order valence-corrected chi connectivity index (χ2v) is 5.00. The summed E-state index contributed by atoms with van der Waals surface area (Å²) in [6.07, 6.45) is 7.40. The molecule has 0 aliphatic rings. The first-order valence-electron chi connectivity index (χ1n) is 5.96. The van der Waals surface area contributed by atoms with Gasteiger partial charge in [0.25, 0.3) is 0 Å². The van der Waals surface area contributed by atoms with Gasteiger partial charge in [-0.1, -0.05) is 12.1 Å². The van der Waals surface area contributed by atoms with Gasteiger partial charge in [0.05, 0.1) is 23.9 Å². The fraction of sp³-hybridized carbons (Fsp3) is 0.0667. The zero-order chi connectivity index (χ0) is 13.1. The Morgan fingerprint density at radius 2 is 1.89 bits per heavy atom. The van der Waals surface area contributed by atoms with Gasteiger partial charge in [0, 0.05) is 22.2 Å². The molecule has 0 bridgehead atoms. The molecule has 0 amide bonds. The summed E-state index contributed by atoms with van der Waals surface area (Å²) in [6, 6.07) is 12.5. The molecule has 3 aromatic rings. The molecule has 0 aliphatic carbocycles. The summed E-state index contributed by atoms with van der Waals surface area (Å²) < 4.78 is 0. The zero-order valence-electron chi connectivity index (χ0n) is 10.5. The van der Waals surface area contributed by atoms with Crippen molar-refractivity contribution >= 4 is 11.8 Å². The molecule has 0 spiro atoms. The van der Waals surface area contributed by atoms with Crippen molar-refractivity contribution in [3.8, 4) is 22.5 Å². The highest BCUT2D eigenvalue weighted by atomic mass is 32.2. The molecule has 0 atom stereocenters. The van der Waals surface area contributed by atoms with Gasteiger partial charge in [-0.15, -0.1) is 11.8 Å². The smallest absolute Gasteiger partial charge is 0.0924 e. The van der Waals surface area contributed by atoms with Crippen molar-refractivity contribution in [2.45, 2.75) is 4.90 Å². The summed E-state index contributed by atoms with van der Waals surface area (Å²) in [6.45, 7) is 0. The highest BCUT2D eigenvalue weighted by Gasteiger charge is 2.03. The van der Waals surface area contributed by atoms with Crippen molar-refractivity contribution in [3.05, 3.63) is 55.1 Å². The van der Waals surface area contributed by atoms with Crippen LogP contribution in [-0.2, 0) is 0 Å². The number of nitrogens with zero attached hydrogens (tertiary/aromatic N) is 2. The SMILES string of the molecule is CSc1ccc(-c2cc(-c3cnc[nH]3)ccn2)cc1. The van der Waals surface area contributed by atoms with Gasteiger partial charge >= 0.3 is 0 Å². The van der Waals surface area contributed by atoms with Crippen LogP contribution in [0.1, 0.15) is 0 Å². The molecular formula is C15H13N3S. The maximum Gasteiger partial charge on any atom is 0.0924 e. The van der Waals surface area contributed by atoms with Crippen LogP contribution in [0.4, 0.5) is 0 Å². The van der Waals surface area contributed by atoms with Crippen LogP contribution in [0, 0.1) is 0 Å². The molecule has 2 heterocycles. The molecule has 0 fully saturated rings. The summed E-state index contributed by atoms with van der Waals surface area (Å²) in [5, 5.41) is 0. The maximum atomic E-state index is 4.43. The van der Waals surface area contributed by atoms with E-state index in [-0.39, 0.29) is 0 Å². The van der Waals surface area contributed by atoms with Crippen LogP contribution in [0.2, 0.25) is 0 Å². The van der Waals surface area contributed by atoms with Crippen LogP contribution < -0.4 is 0 Å². The predicted octanol–water partition coefficient (Wildman–Crippen LogP) is 3.86. The van der Waals surface area contributed by atoms with E-state index in [1.54, 1.807) is 18.1 Å². The van der Waals surface area contributed by atoms with Gasteiger partial charge in [0.2, 0.25) is 0 Å². The van der Waals surface area contributed by atoms with E-state index in [1.807, 2.05) is 18.5 Å². The van der Waals surface area contributed by atoms with Gasteiger partial charge < -0.3 is 4.98 Å². The van der Waals surface area contributed by atoms with E-state index in [9.17, 15) is 0 Å². The lowest BCUT2D eigenvalue weighted by Gasteiger charge is -2.04. The molecule has 19 heavy (non-hydrogen) atoms. The number of H-pyrrole nitrogens is 1. The van der Waals surface area contributed by atoms with E-state index >= 15 is 0 Å². The Morgan fingerprint density at radius 3 is 2.58 bits per heavy atom. The summed E-state index contributed by atoms with van der Waals surface area (Å²) in [5.41, 5.74) is 4.19. The molecule has 2 aromatic heterocycles. The number of aromatic amines is 1. The third kappa shape index (κ3) is 2.53. The first-order valence-corrected chi connectivity index (χ1v) is 7.18. The van der Waals surface area contributed by atoms with Crippen LogP contribution >= 0.6 is 11.8 Å². The number of rotatable bonds is 3. The summed E-state index contributed by atoms with van der Waals surface area (Å²) in [4.78, 5) is 12.8. The zero-order valence-corrected chi connectivity index (χ0v) is 11.3. The van der Waals surface area contributed by atoms with Crippen LogP contribution in [-0.4, -0.2) is 21.2 Å². The largest absolute Gasteiger partial charge is 0.345 e. The molecule has 0 unspecified atom stereocenters. The predicted molar refractivity (Wildman–Crippen MR) is 79.0 cm³/mol. The van der Waals surface area contributed by atoms with Crippen molar-refractivity contribution in [2.75, 3.05) is 6.26 Å². The third-order valence-corrected chi connectivity index (χ3v) is 3.70. The van der Waals surface area contributed by atoms with Crippen LogP contribution in [0.15, 0.2) is 60.0 Å². The van der Waals surface area contributed by atoms with Crippen LogP contribution in [0.25, 0.3) is 22.5 Å². The number of pyridine rings is 1. The quantitative estimate of drug-likeness (QED) is 0.733. The number of nitrogens with one attached hydrogen (secondary N) is 1. The Labute approximate surface area is 116 Å². The molecule has 0 radical (unpaired) electrons. The molecule has 94 valence electrons. The molecular weight excluding hydrogens is 254 g/mol. The van der Waals surface area contributed by atoms with Gasteiger partial charge in [-0.3, -0.25) is 4.98 Å². The first-order chi connectivity index (χ1) is 9.36. The second-order valence-electron chi connectivity index (χ2n) is 4.12. The molecule has 0 aliphatic heterocycles. The Hall–Kier alpha value is -2.07. The first kappa shape index (κ1) is 12.0. The summed E-state index contributed by atoms with van der Waals surface area (Å²) in [5.74, 6) is 0. The Balaban J connectivity index is 1.98. The highest BCUT2D eigenvalue weighted by molar-refractivity contribution is 7.98. The fourth-order valence-electron chi connectivity index (χ4n) is 1.93. The normalized spacial score (nSPS) is 10.6. The molecule has 1 N–H and O–H groups in total. The molecule has 0 saturated carbocycles. The maximum absolute atomic E-state index is 4.43. The average Bonchev–Trinajstić information content (AvgIpc) is 3.02. The van der Waals surface area contributed by atoms with Gasteiger partial charge in [0.1, 0.15) is 0 Å². The lowest BCUT2D eigenvalue weighted by atomic mass is 10.1. The molecule has 0 saturated heterocycles. The minimum atomic E-state index is 0.972. The van der Waals surface area contributed by atoms with Crippen LogP contribution in [0.3, 0.4) is 0 Å². The number of imidazole rings is 1. The monoisotopic (exact) mass is 267 g/mol. The molecule has 1 aromatic carbocycles. The van der Waals surface area contributed by atoms with Crippen molar-refractivity contribution in [3.63, 3.8) is 0 Å². The minimum Gasteiger partial charge on any atom is -0.345 e. The Bertz CT molecular complexity index is 660. The van der Waals surface area contributed by atoms with Crippen molar-refractivity contribution in [1.29, 1.82) is 0 Å². The van der Waals surface area contributed by atoms with Gasteiger partial charge in [0.15, 0.2) is 0 Å². The minimum absolute atomic E-state index is 0.972. The lowest BCUT2D eigenvalue weighted by molar-refractivity contribution is 1.29. The van der Waals surface area contributed by atoms with Gasteiger partial charge in [-0.25, -0.2) is 4.98 Å². The van der Waals surface area contributed by atoms with Gasteiger partial charge in [-0.05, 0) is 30.5 Å². The number of thioether (sulfide) groups is 1. The van der Waals surface area contributed by atoms with E-state index in [0.29, 0.717) is 0 Å². The third-order valence-electron chi connectivity index (χ3n) is 2.95. The van der Waals surface area contributed by atoms with E-state index in [0.717, 1.165) is 22.5 Å². The van der Waals surface area contributed by atoms with E-state index < -0.39 is 0 Å². The Morgan fingerprint density at radius 1 is 1.05 bits per heavy atom. The van der Waals surface area contributed by atoms with E-state index in [4.69, 9.17) is 0 Å². The van der Waals surface area contributed by atoms with Crippen molar-refractivity contribution < 1.29 is 0 Å².